The Morgan fingerprint density at radius 1 is 0.542 bits per heavy atom. The third-order valence-electron chi connectivity index (χ3n) is 3.76. The molecule has 0 amide bonds. The van der Waals surface area contributed by atoms with E-state index in [2.05, 4.69) is 50.4 Å². The van der Waals surface area contributed by atoms with Gasteiger partial charge in [-0.25, -0.2) is 0 Å². The Labute approximate surface area is 148 Å². The van der Waals surface area contributed by atoms with Gasteiger partial charge in [0.1, 0.15) is 0 Å². The monoisotopic (exact) mass is 376 g/mol. The summed E-state index contributed by atoms with van der Waals surface area (Å²) in [6.07, 6.45) is 0. The van der Waals surface area contributed by atoms with Crippen molar-refractivity contribution < 1.29 is 4.42 Å². The van der Waals surface area contributed by atoms with Gasteiger partial charge in [-0.2, -0.15) is 0 Å². The van der Waals surface area contributed by atoms with E-state index < -0.39 is 0 Å². The van der Waals surface area contributed by atoms with Gasteiger partial charge in [0.25, 0.3) is 0 Å². The third-order valence-corrected chi connectivity index (χ3v) is 4.28. The Bertz CT molecular complexity index is 945. The highest BCUT2D eigenvalue weighted by Gasteiger charge is 2.10. The number of hydrogen-bond donors (Lipinski definition) is 0. The van der Waals surface area contributed by atoms with E-state index in [0.29, 0.717) is 11.8 Å². The predicted octanol–water partition coefficient (Wildman–Crippen LogP) is 5.83. The average Bonchev–Trinajstić information content (AvgIpc) is 3.13. The van der Waals surface area contributed by atoms with Crippen LogP contribution in [0, 0.1) is 0 Å². The van der Waals surface area contributed by atoms with E-state index in [1.807, 2.05) is 54.6 Å². The largest absolute Gasteiger partial charge is 0.416 e. The van der Waals surface area contributed by atoms with Crippen LogP contribution in [-0.4, -0.2) is 10.2 Å². The Kier molecular flexibility index (Phi) is 3.97. The number of halogens is 1. The van der Waals surface area contributed by atoms with Crippen LogP contribution in [0.4, 0.5) is 0 Å². The molecule has 3 nitrogen and oxygen atoms in total. The summed E-state index contributed by atoms with van der Waals surface area (Å²) < 4.78 is 6.82. The van der Waals surface area contributed by atoms with E-state index in [4.69, 9.17) is 4.42 Å². The van der Waals surface area contributed by atoms with Crippen LogP contribution >= 0.6 is 15.9 Å². The number of hydrogen-bond acceptors (Lipinski definition) is 3. The van der Waals surface area contributed by atoms with Gasteiger partial charge in [-0.15, -0.1) is 10.2 Å². The predicted molar refractivity (Wildman–Crippen MR) is 98.3 cm³/mol. The first-order valence-electron chi connectivity index (χ1n) is 7.55. The standard InChI is InChI=1S/C20H13BrN2O/c21-18-12-10-17(11-13-18)20-23-22-19(24-20)16-8-6-15(7-9-16)14-4-2-1-3-5-14/h1-13H. The lowest BCUT2D eigenvalue weighted by Crippen LogP contribution is -1.80. The van der Waals surface area contributed by atoms with Crippen molar-refractivity contribution in [1.82, 2.24) is 10.2 Å². The van der Waals surface area contributed by atoms with E-state index in [1.165, 1.54) is 5.56 Å². The summed E-state index contributed by atoms with van der Waals surface area (Å²) >= 11 is 3.42. The fourth-order valence-electron chi connectivity index (χ4n) is 2.48. The fourth-order valence-corrected chi connectivity index (χ4v) is 2.75. The van der Waals surface area contributed by atoms with E-state index >= 15 is 0 Å². The highest BCUT2D eigenvalue weighted by atomic mass is 79.9. The van der Waals surface area contributed by atoms with Gasteiger partial charge in [0, 0.05) is 15.6 Å². The second kappa shape index (κ2) is 6.42. The molecule has 4 rings (SSSR count). The van der Waals surface area contributed by atoms with Gasteiger partial charge in [-0.05, 0) is 47.5 Å². The maximum Gasteiger partial charge on any atom is 0.248 e. The minimum atomic E-state index is 0.518. The van der Waals surface area contributed by atoms with E-state index in [-0.39, 0.29) is 0 Å². The molecular formula is C20H13BrN2O. The van der Waals surface area contributed by atoms with Crippen LogP contribution in [-0.2, 0) is 0 Å². The van der Waals surface area contributed by atoms with Crippen molar-refractivity contribution in [3.63, 3.8) is 0 Å². The first-order chi connectivity index (χ1) is 11.8. The van der Waals surface area contributed by atoms with Crippen molar-refractivity contribution in [3.8, 4) is 34.0 Å². The van der Waals surface area contributed by atoms with Gasteiger partial charge in [0.15, 0.2) is 0 Å². The molecule has 116 valence electrons. The van der Waals surface area contributed by atoms with Crippen molar-refractivity contribution in [1.29, 1.82) is 0 Å². The van der Waals surface area contributed by atoms with E-state index in [1.54, 1.807) is 0 Å². The molecule has 0 spiro atoms. The molecule has 0 fully saturated rings. The number of aromatic nitrogens is 2. The van der Waals surface area contributed by atoms with Crippen molar-refractivity contribution in [3.05, 3.63) is 83.3 Å². The molecule has 24 heavy (non-hydrogen) atoms. The molecule has 3 aromatic carbocycles. The molecule has 4 aromatic rings. The van der Waals surface area contributed by atoms with Crippen molar-refractivity contribution in [2.75, 3.05) is 0 Å². The van der Waals surface area contributed by atoms with Gasteiger partial charge >= 0.3 is 0 Å². The maximum atomic E-state index is 5.80. The average molecular weight is 377 g/mol. The minimum absolute atomic E-state index is 0.518. The van der Waals surface area contributed by atoms with Crippen LogP contribution in [0.25, 0.3) is 34.0 Å². The molecule has 0 saturated heterocycles. The summed E-state index contributed by atoms with van der Waals surface area (Å²) in [5, 5.41) is 8.30. The summed E-state index contributed by atoms with van der Waals surface area (Å²) in [4.78, 5) is 0. The lowest BCUT2D eigenvalue weighted by atomic mass is 10.0. The molecule has 1 aromatic heterocycles. The second-order valence-corrected chi connectivity index (χ2v) is 6.28. The zero-order chi connectivity index (χ0) is 16.4. The zero-order valence-corrected chi connectivity index (χ0v) is 14.3. The lowest BCUT2D eigenvalue weighted by Gasteiger charge is -2.02. The molecule has 0 aliphatic rings. The van der Waals surface area contributed by atoms with Crippen molar-refractivity contribution >= 4 is 15.9 Å². The molecule has 0 radical (unpaired) electrons. The molecule has 0 N–H and O–H groups in total. The Morgan fingerprint density at radius 3 is 1.58 bits per heavy atom. The normalized spacial score (nSPS) is 10.7. The molecule has 0 atom stereocenters. The van der Waals surface area contributed by atoms with Gasteiger partial charge in [0.2, 0.25) is 11.8 Å². The first kappa shape index (κ1) is 14.8. The van der Waals surface area contributed by atoms with Crippen LogP contribution in [0.1, 0.15) is 0 Å². The zero-order valence-electron chi connectivity index (χ0n) is 12.7. The van der Waals surface area contributed by atoms with Crippen LogP contribution in [0.15, 0.2) is 87.8 Å². The molecule has 0 aliphatic heterocycles. The van der Waals surface area contributed by atoms with Gasteiger partial charge in [0.05, 0.1) is 0 Å². The maximum absolute atomic E-state index is 5.80. The summed E-state index contributed by atoms with van der Waals surface area (Å²) in [5.74, 6) is 1.04. The van der Waals surface area contributed by atoms with Crippen LogP contribution < -0.4 is 0 Å². The Hall–Kier alpha value is -2.72. The smallest absolute Gasteiger partial charge is 0.248 e. The Balaban J connectivity index is 1.62. The number of nitrogens with zero attached hydrogens (tertiary/aromatic N) is 2. The topological polar surface area (TPSA) is 38.9 Å². The van der Waals surface area contributed by atoms with Crippen molar-refractivity contribution in [2.24, 2.45) is 0 Å². The van der Waals surface area contributed by atoms with Gasteiger partial charge in [-0.3, -0.25) is 0 Å². The van der Waals surface area contributed by atoms with Crippen LogP contribution in [0.3, 0.4) is 0 Å². The van der Waals surface area contributed by atoms with Gasteiger partial charge < -0.3 is 4.42 Å². The summed E-state index contributed by atoms with van der Waals surface area (Å²) in [7, 11) is 0. The molecule has 4 heteroatoms. The van der Waals surface area contributed by atoms with Gasteiger partial charge in [-0.1, -0.05) is 58.4 Å². The summed E-state index contributed by atoms with van der Waals surface area (Å²) in [5.41, 5.74) is 4.15. The highest BCUT2D eigenvalue weighted by molar-refractivity contribution is 9.10. The summed E-state index contributed by atoms with van der Waals surface area (Å²) in [6, 6.07) is 26.2. The second-order valence-electron chi connectivity index (χ2n) is 5.36. The lowest BCUT2D eigenvalue weighted by molar-refractivity contribution is 0.584. The van der Waals surface area contributed by atoms with E-state index in [9.17, 15) is 0 Å². The molecule has 0 aliphatic carbocycles. The van der Waals surface area contributed by atoms with Crippen LogP contribution in [0.5, 0.6) is 0 Å². The Morgan fingerprint density at radius 2 is 1.00 bits per heavy atom. The quantitative estimate of drug-likeness (QED) is 0.451. The fraction of sp³-hybridized carbons (Fsp3) is 0. The molecule has 1 heterocycles. The van der Waals surface area contributed by atoms with Crippen molar-refractivity contribution in [2.45, 2.75) is 0 Å². The molecule has 0 bridgehead atoms. The van der Waals surface area contributed by atoms with E-state index in [0.717, 1.165) is 21.2 Å². The summed E-state index contributed by atoms with van der Waals surface area (Å²) in [6.45, 7) is 0. The van der Waals surface area contributed by atoms with Crippen LogP contribution in [0.2, 0.25) is 0 Å². The number of benzene rings is 3. The molecular weight excluding hydrogens is 364 g/mol. The number of rotatable bonds is 3. The third kappa shape index (κ3) is 3.01. The molecule has 0 saturated carbocycles. The first-order valence-corrected chi connectivity index (χ1v) is 8.34. The minimum Gasteiger partial charge on any atom is -0.416 e. The highest BCUT2D eigenvalue weighted by Crippen LogP contribution is 2.27. The SMILES string of the molecule is Brc1ccc(-c2nnc(-c3ccc(-c4ccccc4)cc3)o2)cc1. The molecule has 0 unspecified atom stereocenters.